The topological polar surface area (TPSA) is 49.2 Å². The van der Waals surface area contributed by atoms with Gasteiger partial charge in [-0.15, -0.1) is 16.7 Å². The summed E-state index contributed by atoms with van der Waals surface area (Å²) in [5.74, 6) is 1.68. The lowest BCUT2D eigenvalue weighted by Gasteiger charge is -2.12. The lowest BCUT2D eigenvalue weighted by Crippen LogP contribution is -1.99. The summed E-state index contributed by atoms with van der Waals surface area (Å²) in [6.45, 7) is 0.322. The minimum atomic E-state index is 0.322. The molecule has 5 nitrogen and oxygen atoms in total. The maximum absolute atomic E-state index is 5.82. The maximum Gasteiger partial charge on any atom is 0.175 e. The fourth-order valence-electron chi connectivity index (χ4n) is 1.60. The minimum Gasteiger partial charge on any atom is -0.493 e. The summed E-state index contributed by atoms with van der Waals surface area (Å²) in [6.07, 6.45) is 1.80. The van der Waals surface area contributed by atoms with E-state index in [1.54, 1.807) is 18.0 Å². The van der Waals surface area contributed by atoms with Crippen LogP contribution < -0.4 is 9.47 Å². The van der Waals surface area contributed by atoms with E-state index >= 15 is 0 Å². The Morgan fingerprint density at radius 1 is 1.42 bits per heavy atom. The molecule has 102 valence electrons. The van der Waals surface area contributed by atoms with Gasteiger partial charge in [0.15, 0.2) is 11.5 Å². The van der Waals surface area contributed by atoms with Crippen LogP contribution in [0.2, 0.25) is 0 Å². The number of hydrogen-bond acceptors (Lipinski definition) is 4. The Hall–Kier alpha value is -1.27. The van der Waals surface area contributed by atoms with E-state index < -0.39 is 0 Å². The molecule has 0 radical (unpaired) electrons. The van der Waals surface area contributed by atoms with E-state index in [0.717, 1.165) is 15.7 Å². The molecule has 1 aromatic heterocycles. The Kier molecular flexibility index (Phi) is 4.66. The van der Waals surface area contributed by atoms with Crippen LogP contribution in [0.25, 0.3) is 0 Å². The number of nitrogens with zero attached hydrogens (tertiary/aromatic N) is 3. The minimum absolute atomic E-state index is 0.322. The van der Waals surface area contributed by atoms with Crippen molar-refractivity contribution in [3.63, 3.8) is 0 Å². The summed E-state index contributed by atoms with van der Waals surface area (Å²) in [5.41, 5.74) is 1.70. The molecular weight excluding hydrogens is 334 g/mol. The van der Waals surface area contributed by atoms with E-state index in [2.05, 4.69) is 26.2 Å². The van der Waals surface area contributed by atoms with Gasteiger partial charge in [0, 0.05) is 12.9 Å². The van der Waals surface area contributed by atoms with E-state index in [-0.39, 0.29) is 0 Å². The molecule has 0 fully saturated rings. The molecule has 0 spiro atoms. The third-order valence-corrected chi connectivity index (χ3v) is 3.36. The normalized spacial score (nSPS) is 10.5. The Morgan fingerprint density at radius 3 is 2.79 bits per heavy atom. The van der Waals surface area contributed by atoms with E-state index in [9.17, 15) is 0 Å². The van der Waals surface area contributed by atoms with Crippen LogP contribution in [0.4, 0.5) is 0 Å². The van der Waals surface area contributed by atoms with Crippen LogP contribution in [0.15, 0.2) is 22.8 Å². The zero-order valence-electron chi connectivity index (χ0n) is 10.6. The molecule has 0 saturated carbocycles. The largest absolute Gasteiger partial charge is 0.493 e. The van der Waals surface area contributed by atoms with Crippen molar-refractivity contribution in [1.29, 1.82) is 0 Å². The van der Waals surface area contributed by atoms with Crippen molar-refractivity contribution in [2.24, 2.45) is 7.05 Å². The smallest absolute Gasteiger partial charge is 0.175 e. The monoisotopic (exact) mass is 345 g/mol. The first-order valence-corrected chi connectivity index (χ1v) is 6.87. The quantitative estimate of drug-likeness (QED) is 0.781. The number of hydrogen-bond donors (Lipinski definition) is 0. The van der Waals surface area contributed by atoms with E-state index in [0.29, 0.717) is 24.0 Å². The summed E-state index contributed by atoms with van der Waals surface area (Å²) in [6, 6.07) is 3.76. The number of benzene rings is 1. The Morgan fingerprint density at radius 2 is 2.21 bits per heavy atom. The molecule has 0 atom stereocenters. The zero-order valence-corrected chi connectivity index (χ0v) is 12.9. The van der Waals surface area contributed by atoms with E-state index in [1.807, 2.05) is 19.2 Å². The summed E-state index contributed by atoms with van der Waals surface area (Å²) in [7, 11) is 3.40. The molecular formula is C12H13BrClN3O2. The number of methoxy groups -OCH3 is 1. The summed E-state index contributed by atoms with van der Waals surface area (Å²) in [4.78, 5) is 0. The molecule has 0 amide bonds. The van der Waals surface area contributed by atoms with Gasteiger partial charge >= 0.3 is 0 Å². The molecule has 0 N–H and O–H groups in total. The Bertz CT molecular complexity index is 574. The molecule has 0 aliphatic heterocycles. The standard InChI is InChI=1S/C12H13BrClN3O2/c1-17-6-9(15-16-17)7-19-12-10(13)3-8(5-14)4-11(12)18-2/h3-4,6H,5,7H2,1-2H3. The summed E-state index contributed by atoms with van der Waals surface area (Å²) in [5, 5.41) is 7.81. The first kappa shape index (κ1) is 14.1. The lowest BCUT2D eigenvalue weighted by atomic mass is 10.2. The van der Waals surface area contributed by atoms with Crippen molar-refractivity contribution in [3.8, 4) is 11.5 Å². The Balaban J connectivity index is 2.19. The average molecular weight is 347 g/mol. The number of alkyl halides is 1. The van der Waals surface area contributed by atoms with Crippen molar-refractivity contribution in [2.45, 2.75) is 12.5 Å². The van der Waals surface area contributed by atoms with Crippen LogP contribution in [0.3, 0.4) is 0 Å². The molecule has 2 aromatic rings. The predicted octanol–water partition coefficient (Wildman–Crippen LogP) is 2.90. The molecule has 1 aromatic carbocycles. The highest BCUT2D eigenvalue weighted by Crippen LogP contribution is 2.37. The fourth-order valence-corrected chi connectivity index (χ4v) is 2.36. The zero-order chi connectivity index (χ0) is 13.8. The van der Waals surface area contributed by atoms with Gasteiger partial charge in [0.05, 0.1) is 17.8 Å². The number of rotatable bonds is 5. The summed E-state index contributed by atoms with van der Waals surface area (Å²) < 4.78 is 13.5. The van der Waals surface area contributed by atoms with Gasteiger partial charge in [-0.1, -0.05) is 5.21 Å². The van der Waals surface area contributed by atoms with Gasteiger partial charge in [0.2, 0.25) is 0 Å². The summed E-state index contributed by atoms with van der Waals surface area (Å²) >= 11 is 9.27. The second-order valence-corrected chi connectivity index (χ2v) is 5.04. The predicted molar refractivity (Wildman–Crippen MR) is 75.6 cm³/mol. The van der Waals surface area contributed by atoms with Gasteiger partial charge < -0.3 is 9.47 Å². The van der Waals surface area contributed by atoms with Gasteiger partial charge in [-0.2, -0.15) is 0 Å². The van der Waals surface area contributed by atoms with Crippen molar-refractivity contribution in [2.75, 3.05) is 7.11 Å². The van der Waals surface area contributed by atoms with Gasteiger partial charge in [0.1, 0.15) is 12.3 Å². The highest BCUT2D eigenvalue weighted by atomic mass is 79.9. The van der Waals surface area contributed by atoms with Gasteiger partial charge in [-0.25, -0.2) is 0 Å². The lowest BCUT2D eigenvalue weighted by molar-refractivity contribution is 0.278. The third-order valence-electron chi connectivity index (χ3n) is 2.46. The third kappa shape index (κ3) is 3.39. The van der Waals surface area contributed by atoms with E-state index in [4.69, 9.17) is 21.1 Å². The van der Waals surface area contributed by atoms with Gasteiger partial charge in [-0.3, -0.25) is 4.68 Å². The Labute approximate surface area is 124 Å². The molecule has 0 saturated heterocycles. The van der Waals surface area contributed by atoms with Crippen LogP contribution in [0.1, 0.15) is 11.3 Å². The number of aromatic nitrogens is 3. The first-order valence-electron chi connectivity index (χ1n) is 5.54. The van der Waals surface area contributed by atoms with Crippen LogP contribution in [0, 0.1) is 0 Å². The highest BCUT2D eigenvalue weighted by molar-refractivity contribution is 9.10. The van der Waals surface area contributed by atoms with Crippen molar-refractivity contribution < 1.29 is 9.47 Å². The molecule has 0 unspecified atom stereocenters. The number of aryl methyl sites for hydroxylation is 1. The molecule has 2 rings (SSSR count). The number of halogens is 2. The van der Waals surface area contributed by atoms with Gasteiger partial charge in [-0.05, 0) is 33.6 Å². The van der Waals surface area contributed by atoms with Crippen LogP contribution in [-0.4, -0.2) is 22.1 Å². The molecule has 0 aliphatic carbocycles. The van der Waals surface area contributed by atoms with Crippen molar-refractivity contribution in [3.05, 3.63) is 34.1 Å². The second-order valence-electron chi connectivity index (χ2n) is 3.91. The molecule has 19 heavy (non-hydrogen) atoms. The van der Waals surface area contributed by atoms with Crippen molar-refractivity contribution >= 4 is 27.5 Å². The highest BCUT2D eigenvalue weighted by Gasteiger charge is 2.12. The molecule has 0 aliphatic rings. The number of ether oxygens (including phenoxy) is 2. The SMILES string of the molecule is COc1cc(CCl)cc(Br)c1OCc1cn(C)nn1. The molecule has 7 heteroatoms. The fraction of sp³-hybridized carbons (Fsp3) is 0.333. The molecule has 1 heterocycles. The van der Waals surface area contributed by atoms with E-state index in [1.165, 1.54) is 0 Å². The van der Waals surface area contributed by atoms with Crippen LogP contribution >= 0.6 is 27.5 Å². The van der Waals surface area contributed by atoms with Gasteiger partial charge in [0.25, 0.3) is 0 Å². The molecule has 0 bridgehead atoms. The van der Waals surface area contributed by atoms with Crippen LogP contribution in [-0.2, 0) is 19.5 Å². The second kappa shape index (κ2) is 6.25. The van der Waals surface area contributed by atoms with Crippen molar-refractivity contribution in [1.82, 2.24) is 15.0 Å². The average Bonchev–Trinajstić information content (AvgIpc) is 2.82. The first-order chi connectivity index (χ1) is 9.13. The van der Waals surface area contributed by atoms with Crippen LogP contribution in [0.5, 0.6) is 11.5 Å². The maximum atomic E-state index is 5.82.